The molecule has 0 aliphatic heterocycles. The number of nitrogens with one attached hydrogen (secondary N) is 2. The average Bonchev–Trinajstić information content (AvgIpc) is 2.35. The van der Waals surface area contributed by atoms with E-state index in [1.54, 1.807) is 0 Å². The third kappa shape index (κ3) is 2.99. The number of anilines is 3. The van der Waals surface area contributed by atoms with Crippen LogP contribution in [0.3, 0.4) is 0 Å². The summed E-state index contributed by atoms with van der Waals surface area (Å²) in [6, 6.07) is 2.28. The van der Waals surface area contributed by atoms with E-state index in [9.17, 15) is 8.78 Å². The highest BCUT2D eigenvalue weighted by molar-refractivity contribution is 9.11. The Morgan fingerprint density at radius 1 is 1.05 bits per heavy atom. The van der Waals surface area contributed by atoms with Crippen molar-refractivity contribution in [2.75, 3.05) is 10.7 Å². The number of hydrogen-bond donors (Lipinski definition) is 3. The predicted octanol–water partition coefficient (Wildman–Crippen LogP) is 3.31. The Kier molecular flexibility index (Phi) is 4.27. The van der Waals surface area contributed by atoms with E-state index in [2.05, 4.69) is 52.6 Å². The second-order valence-electron chi connectivity index (χ2n) is 3.40. The molecule has 2 rings (SSSR count). The summed E-state index contributed by atoms with van der Waals surface area (Å²) in [5.74, 6) is 4.21. The molecule has 100 valence electrons. The summed E-state index contributed by atoms with van der Waals surface area (Å²) in [6.45, 7) is 0. The van der Waals surface area contributed by atoms with Gasteiger partial charge in [-0.2, -0.15) is 0 Å². The maximum absolute atomic E-state index is 13.7. The molecule has 0 aliphatic rings. The highest BCUT2D eigenvalue weighted by Gasteiger charge is 2.14. The molecule has 5 nitrogen and oxygen atoms in total. The van der Waals surface area contributed by atoms with Gasteiger partial charge < -0.3 is 10.7 Å². The van der Waals surface area contributed by atoms with Gasteiger partial charge in [-0.05, 0) is 28.1 Å². The van der Waals surface area contributed by atoms with E-state index in [0.717, 1.165) is 12.1 Å². The van der Waals surface area contributed by atoms with E-state index < -0.39 is 11.6 Å². The van der Waals surface area contributed by atoms with E-state index in [1.807, 2.05) is 0 Å². The topological polar surface area (TPSA) is 75.9 Å². The maximum atomic E-state index is 13.7. The number of hydrazine groups is 1. The summed E-state index contributed by atoms with van der Waals surface area (Å²) in [4.78, 5) is 7.71. The number of aromatic nitrogens is 2. The summed E-state index contributed by atoms with van der Waals surface area (Å²) < 4.78 is 28.0. The number of nitrogens with two attached hydrogens (primary N) is 1. The fourth-order valence-corrected chi connectivity index (χ4v) is 2.16. The molecule has 0 bridgehead atoms. The molecule has 1 heterocycles. The zero-order valence-corrected chi connectivity index (χ0v) is 12.4. The first kappa shape index (κ1) is 14.1. The number of rotatable bonds is 3. The summed E-state index contributed by atoms with van der Waals surface area (Å²) in [5, 5.41) is 2.55. The van der Waals surface area contributed by atoms with Gasteiger partial charge in [-0.1, -0.05) is 15.9 Å². The van der Waals surface area contributed by atoms with E-state index in [0.29, 0.717) is 8.95 Å². The Labute approximate surface area is 123 Å². The third-order valence-electron chi connectivity index (χ3n) is 2.18. The molecule has 1 aromatic carbocycles. The van der Waals surface area contributed by atoms with Crippen LogP contribution in [-0.2, 0) is 0 Å². The smallest absolute Gasteiger partial charge is 0.159 e. The van der Waals surface area contributed by atoms with Gasteiger partial charge in [0.1, 0.15) is 16.5 Å². The van der Waals surface area contributed by atoms with Crippen molar-refractivity contribution in [2.24, 2.45) is 5.84 Å². The van der Waals surface area contributed by atoms with Crippen LogP contribution in [0.15, 0.2) is 27.4 Å². The molecular formula is C10H7Br2F2N5. The van der Waals surface area contributed by atoms with Crippen LogP contribution in [0.1, 0.15) is 0 Å². The van der Waals surface area contributed by atoms with Gasteiger partial charge in [0.25, 0.3) is 0 Å². The monoisotopic (exact) mass is 393 g/mol. The Morgan fingerprint density at radius 2 is 1.63 bits per heavy atom. The van der Waals surface area contributed by atoms with Crippen LogP contribution in [0.4, 0.5) is 26.1 Å². The maximum Gasteiger partial charge on any atom is 0.159 e. The van der Waals surface area contributed by atoms with E-state index in [-0.39, 0.29) is 17.3 Å². The second-order valence-corrected chi connectivity index (χ2v) is 5.11. The molecule has 4 N–H and O–H groups in total. The minimum atomic E-state index is -0.750. The number of nitrogens with zero attached hydrogens (tertiary/aromatic N) is 2. The molecular weight excluding hydrogens is 388 g/mol. The van der Waals surface area contributed by atoms with Crippen LogP contribution in [0.2, 0.25) is 0 Å². The van der Waals surface area contributed by atoms with Crippen molar-refractivity contribution in [3.8, 4) is 0 Å². The van der Waals surface area contributed by atoms with Crippen molar-refractivity contribution in [3.05, 3.63) is 39.0 Å². The van der Waals surface area contributed by atoms with Crippen molar-refractivity contribution >= 4 is 49.2 Å². The van der Waals surface area contributed by atoms with Crippen LogP contribution >= 0.6 is 31.9 Å². The van der Waals surface area contributed by atoms with Crippen molar-refractivity contribution in [2.45, 2.75) is 0 Å². The minimum Gasteiger partial charge on any atom is -0.334 e. The van der Waals surface area contributed by atoms with Crippen molar-refractivity contribution in [1.29, 1.82) is 0 Å². The lowest BCUT2D eigenvalue weighted by molar-refractivity contribution is 0.589. The zero-order chi connectivity index (χ0) is 14.0. The van der Waals surface area contributed by atoms with Gasteiger partial charge >= 0.3 is 0 Å². The lowest BCUT2D eigenvalue weighted by Gasteiger charge is -2.11. The van der Waals surface area contributed by atoms with Crippen LogP contribution in [0.25, 0.3) is 0 Å². The van der Waals surface area contributed by atoms with Crippen LogP contribution in [-0.4, -0.2) is 9.97 Å². The summed E-state index contributed by atoms with van der Waals surface area (Å²) in [7, 11) is 0. The quantitative estimate of drug-likeness (QED) is 0.550. The fourth-order valence-electron chi connectivity index (χ4n) is 1.34. The minimum absolute atomic E-state index is 0.183. The summed E-state index contributed by atoms with van der Waals surface area (Å²) >= 11 is 6.18. The van der Waals surface area contributed by atoms with Gasteiger partial charge in [0.2, 0.25) is 0 Å². The van der Waals surface area contributed by atoms with E-state index in [4.69, 9.17) is 5.84 Å². The van der Waals surface area contributed by atoms with Gasteiger partial charge in [-0.3, -0.25) is 0 Å². The summed E-state index contributed by atoms with van der Waals surface area (Å²) in [6.07, 6.45) is 1.21. The molecule has 0 amide bonds. The fraction of sp³-hybridized carbons (Fsp3) is 0. The average molecular weight is 395 g/mol. The SMILES string of the molecule is NNc1ncnc(Nc2c(F)cc(Br)cc2F)c1Br. The number of nitrogen functional groups attached to an aromatic ring is 1. The number of halogens is 4. The third-order valence-corrected chi connectivity index (χ3v) is 3.39. The Bertz CT molecular complexity index is 600. The van der Waals surface area contributed by atoms with Gasteiger partial charge in [0, 0.05) is 4.47 Å². The lowest BCUT2D eigenvalue weighted by atomic mass is 10.3. The van der Waals surface area contributed by atoms with Crippen molar-refractivity contribution in [1.82, 2.24) is 9.97 Å². The van der Waals surface area contributed by atoms with Gasteiger partial charge in [0.15, 0.2) is 23.3 Å². The van der Waals surface area contributed by atoms with Gasteiger partial charge in [-0.15, -0.1) is 0 Å². The first-order valence-corrected chi connectivity index (χ1v) is 6.50. The molecule has 0 saturated heterocycles. The molecule has 0 saturated carbocycles. The largest absolute Gasteiger partial charge is 0.334 e. The molecule has 9 heteroatoms. The first-order valence-electron chi connectivity index (χ1n) is 4.91. The molecule has 0 atom stereocenters. The zero-order valence-electron chi connectivity index (χ0n) is 9.22. The molecule has 0 radical (unpaired) electrons. The predicted molar refractivity (Wildman–Crippen MR) is 74.9 cm³/mol. The van der Waals surface area contributed by atoms with Crippen LogP contribution < -0.4 is 16.6 Å². The Hall–Kier alpha value is -1.32. The highest BCUT2D eigenvalue weighted by Crippen LogP contribution is 2.31. The molecule has 0 unspecified atom stereocenters. The molecule has 0 spiro atoms. The Morgan fingerprint density at radius 3 is 2.21 bits per heavy atom. The molecule has 0 aliphatic carbocycles. The van der Waals surface area contributed by atoms with E-state index >= 15 is 0 Å². The van der Waals surface area contributed by atoms with Crippen molar-refractivity contribution < 1.29 is 8.78 Å². The molecule has 19 heavy (non-hydrogen) atoms. The number of benzene rings is 1. The van der Waals surface area contributed by atoms with E-state index in [1.165, 1.54) is 6.33 Å². The van der Waals surface area contributed by atoms with Gasteiger partial charge in [-0.25, -0.2) is 24.6 Å². The molecule has 2 aromatic rings. The Balaban J connectivity index is 2.42. The van der Waals surface area contributed by atoms with Crippen molar-refractivity contribution in [3.63, 3.8) is 0 Å². The van der Waals surface area contributed by atoms with Crippen LogP contribution in [0.5, 0.6) is 0 Å². The second kappa shape index (κ2) is 5.76. The molecule has 1 aromatic heterocycles. The first-order chi connectivity index (χ1) is 9.02. The normalized spacial score (nSPS) is 10.4. The lowest BCUT2D eigenvalue weighted by Crippen LogP contribution is -2.11. The standard InChI is InChI=1S/C10H7Br2F2N5/c11-4-1-5(13)8(6(14)2-4)18-9-7(12)10(19-15)17-3-16-9/h1-3H,15H2,(H2,16,17,18,19). The summed E-state index contributed by atoms with van der Waals surface area (Å²) in [5.41, 5.74) is 2.01. The van der Waals surface area contributed by atoms with Gasteiger partial charge in [0.05, 0.1) is 0 Å². The van der Waals surface area contributed by atoms with Crippen LogP contribution in [0, 0.1) is 11.6 Å². The number of hydrogen-bond acceptors (Lipinski definition) is 5. The molecule has 0 fully saturated rings. The highest BCUT2D eigenvalue weighted by atomic mass is 79.9.